The predicted molar refractivity (Wildman–Crippen MR) is 95.1 cm³/mol. The highest BCUT2D eigenvalue weighted by molar-refractivity contribution is 5.73. The lowest BCUT2D eigenvalue weighted by molar-refractivity contribution is 0.754. The van der Waals surface area contributed by atoms with Crippen LogP contribution in [0.5, 0.6) is 0 Å². The zero-order valence-electron chi connectivity index (χ0n) is 13.3. The van der Waals surface area contributed by atoms with Gasteiger partial charge in [0.1, 0.15) is 5.52 Å². The van der Waals surface area contributed by atoms with E-state index in [0.29, 0.717) is 6.54 Å². The average molecular weight is 326 g/mol. The number of pyridine rings is 1. The summed E-state index contributed by atoms with van der Waals surface area (Å²) < 4.78 is 3.98. The first kappa shape index (κ1) is 13.9. The number of hydrogen-bond acceptors (Lipinski definition) is 4. The van der Waals surface area contributed by atoms with Crippen molar-refractivity contribution in [2.75, 3.05) is 0 Å². The molecule has 6 heteroatoms. The van der Waals surface area contributed by atoms with Gasteiger partial charge in [-0.15, -0.1) is 0 Å². The Kier molecular flexibility index (Phi) is 3.06. The number of fused-ring (bicyclic) bond motifs is 2. The lowest BCUT2D eigenvalue weighted by Gasteiger charge is -2.06. The molecule has 0 radical (unpaired) electrons. The third kappa shape index (κ3) is 2.35. The van der Waals surface area contributed by atoms with E-state index in [2.05, 4.69) is 31.7 Å². The first-order valence-corrected chi connectivity index (χ1v) is 8.02. The van der Waals surface area contributed by atoms with Crippen molar-refractivity contribution in [2.45, 2.75) is 6.54 Å². The summed E-state index contributed by atoms with van der Waals surface area (Å²) in [5.74, 6) is 0. The summed E-state index contributed by atoms with van der Waals surface area (Å²) in [5.41, 5.74) is 5.78. The van der Waals surface area contributed by atoms with E-state index in [1.54, 1.807) is 12.4 Å². The van der Waals surface area contributed by atoms with Gasteiger partial charge in [-0.25, -0.2) is 14.5 Å². The Balaban J connectivity index is 1.59. The van der Waals surface area contributed by atoms with Gasteiger partial charge in [-0.05, 0) is 18.2 Å². The van der Waals surface area contributed by atoms with Crippen LogP contribution in [0.2, 0.25) is 0 Å². The molecule has 120 valence electrons. The largest absolute Gasteiger partial charge is 0.324 e. The summed E-state index contributed by atoms with van der Waals surface area (Å²) >= 11 is 0. The third-order valence-electron chi connectivity index (χ3n) is 4.26. The Labute approximate surface area is 143 Å². The lowest BCUT2D eigenvalue weighted by Crippen LogP contribution is -2.04. The van der Waals surface area contributed by atoms with Gasteiger partial charge >= 0.3 is 0 Å². The van der Waals surface area contributed by atoms with Crippen LogP contribution in [0, 0.1) is 0 Å². The highest BCUT2D eigenvalue weighted by atomic mass is 15.3. The highest BCUT2D eigenvalue weighted by Crippen LogP contribution is 2.18. The molecule has 4 aromatic heterocycles. The fourth-order valence-corrected chi connectivity index (χ4v) is 3.01. The van der Waals surface area contributed by atoms with Gasteiger partial charge in [0.15, 0.2) is 5.65 Å². The van der Waals surface area contributed by atoms with Crippen molar-refractivity contribution in [3.63, 3.8) is 0 Å². The lowest BCUT2D eigenvalue weighted by atomic mass is 10.1. The molecular formula is C19H14N6. The van der Waals surface area contributed by atoms with Crippen LogP contribution in [0.1, 0.15) is 5.69 Å². The zero-order valence-corrected chi connectivity index (χ0v) is 13.3. The second kappa shape index (κ2) is 5.52. The molecule has 0 bridgehead atoms. The number of nitrogens with zero attached hydrogens (tertiary/aromatic N) is 6. The average Bonchev–Trinajstić information content (AvgIpc) is 3.27. The minimum atomic E-state index is 0.646. The number of rotatable bonds is 3. The van der Waals surface area contributed by atoms with Crippen LogP contribution < -0.4 is 0 Å². The molecule has 5 rings (SSSR count). The number of imidazole rings is 2. The molecule has 0 saturated carbocycles. The van der Waals surface area contributed by atoms with Gasteiger partial charge in [0.25, 0.3) is 0 Å². The van der Waals surface area contributed by atoms with Gasteiger partial charge in [0.2, 0.25) is 0 Å². The molecule has 0 N–H and O–H groups in total. The van der Waals surface area contributed by atoms with Crippen molar-refractivity contribution in [3.8, 4) is 11.3 Å². The van der Waals surface area contributed by atoms with E-state index in [0.717, 1.165) is 33.6 Å². The quantitative estimate of drug-likeness (QED) is 0.511. The summed E-state index contributed by atoms with van der Waals surface area (Å²) in [7, 11) is 0. The molecule has 0 unspecified atom stereocenters. The molecular weight excluding hydrogens is 312 g/mol. The Morgan fingerprint density at radius 3 is 2.72 bits per heavy atom. The number of aromatic nitrogens is 6. The molecule has 0 aliphatic heterocycles. The normalized spacial score (nSPS) is 11.4. The Bertz CT molecular complexity index is 1170. The van der Waals surface area contributed by atoms with E-state index in [-0.39, 0.29) is 0 Å². The SMILES string of the molecule is c1ccc(-c2ccc3ncc(Cn4cnc5cnccc54)n3n2)cc1. The van der Waals surface area contributed by atoms with E-state index in [1.165, 1.54) is 0 Å². The fourth-order valence-electron chi connectivity index (χ4n) is 3.01. The van der Waals surface area contributed by atoms with Crippen molar-refractivity contribution < 1.29 is 0 Å². The molecule has 1 aromatic carbocycles. The van der Waals surface area contributed by atoms with Crippen LogP contribution >= 0.6 is 0 Å². The maximum absolute atomic E-state index is 4.77. The summed E-state index contributed by atoms with van der Waals surface area (Å²) in [6, 6.07) is 16.1. The molecule has 0 aliphatic carbocycles. The van der Waals surface area contributed by atoms with Crippen LogP contribution in [-0.2, 0) is 6.54 Å². The van der Waals surface area contributed by atoms with Crippen LogP contribution in [0.25, 0.3) is 27.9 Å². The molecule has 0 spiro atoms. The van der Waals surface area contributed by atoms with Gasteiger partial charge in [-0.3, -0.25) is 4.98 Å². The van der Waals surface area contributed by atoms with Crippen molar-refractivity contribution in [3.05, 3.63) is 79.1 Å². The van der Waals surface area contributed by atoms with E-state index in [4.69, 9.17) is 5.10 Å². The van der Waals surface area contributed by atoms with E-state index in [1.807, 2.05) is 53.4 Å². The molecule has 5 aromatic rings. The second-order valence-corrected chi connectivity index (χ2v) is 5.84. The van der Waals surface area contributed by atoms with E-state index < -0.39 is 0 Å². The van der Waals surface area contributed by atoms with Crippen molar-refractivity contribution in [2.24, 2.45) is 0 Å². The van der Waals surface area contributed by atoms with Crippen molar-refractivity contribution in [1.82, 2.24) is 29.1 Å². The van der Waals surface area contributed by atoms with Gasteiger partial charge in [0, 0.05) is 11.8 Å². The smallest absolute Gasteiger partial charge is 0.153 e. The summed E-state index contributed by atoms with van der Waals surface area (Å²) in [5, 5.41) is 4.77. The standard InChI is InChI=1S/C19H14N6/c1-2-4-14(5-3-1)16-6-7-19-21-10-15(25(19)23-16)12-24-13-22-17-11-20-9-8-18(17)24/h1-11,13H,12H2. The molecule has 0 saturated heterocycles. The maximum atomic E-state index is 4.77. The minimum Gasteiger partial charge on any atom is -0.324 e. The molecule has 0 amide bonds. The van der Waals surface area contributed by atoms with Gasteiger partial charge in [-0.2, -0.15) is 5.10 Å². The fraction of sp³-hybridized carbons (Fsp3) is 0.0526. The van der Waals surface area contributed by atoms with Crippen molar-refractivity contribution in [1.29, 1.82) is 0 Å². The van der Waals surface area contributed by atoms with E-state index in [9.17, 15) is 0 Å². The third-order valence-corrected chi connectivity index (χ3v) is 4.26. The van der Waals surface area contributed by atoms with Gasteiger partial charge < -0.3 is 4.57 Å². The zero-order chi connectivity index (χ0) is 16.6. The molecule has 0 aliphatic rings. The van der Waals surface area contributed by atoms with Crippen LogP contribution in [-0.4, -0.2) is 29.1 Å². The minimum absolute atomic E-state index is 0.646. The molecule has 4 heterocycles. The predicted octanol–water partition coefficient (Wildman–Crippen LogP) is 3.19. The highest BCUT2D eigenvalue weighted by Gasteiger charge is 2.09. The van der Waals surface area contributed by atoms with Gasteiger partial charge in [-0.1, -0.05) is 30.3 Å². The summed E-state index contributed by atoms with van der Waals surface area (Å²) in [4.78, 5) is 13.0. The Morgan fingerprint density at radius 1 is 0.880 bits per heavy atom. The topological polar surface area (TPSA) is 60.9 Å². The Hall–Kier alpha value is -3.54. The molecule has 25 heavy (non-hydrogen) atoms. The first-order valence-electron chi connectivity index (χ1n) is 8.02. The molecule has 0 atom stereocenters. The van der Waals surface area contributed by atoms with E-state index >= 15 is 0 Å². The van der Waals surface area contributed by atoms with Crippen molar-refractivity contribution >= 4 is 16.7 Å². The van der Waals surface area contributed by atoms with Crippen LogP contribution in [0.4, 0.5) is 0 Å². The Morgan fingerprint density at radius 2 is 1.80 bits per heavy atom. The number of benzene rings is 1. The van der Waals surface area contributed by atoms with Crippen LogP contribution in [0.15, 0.2) is 73.4 Å². The maximum Gasteiger partial charge on any atom is 0.153 e. The molecule has 0 fully saturated rings. The second-order valence-electron chi connectivity index (χ2n) is 5.84. The summed E-state index contributed by atoms with van der Waals surface area (Å²) in [6.45, 7) is 0.646. The van der Waals surface area contributed by atoms with Crippen LogP contribution in [0.3, 0.4) is 0 Å². The summed E-state index contributed by atoms with van der Waals surface area (Å²) in [6.07, 6.45) is 7.24. The number of hydrogen-bond donors (Lipinski definition) is 0. The first-order chi connectivity index (χ1) is 12.4. The van der Waals surface area contributed by atoms with Gasteiger partial charge in [0.05, 0.1) is 42.2 Å². The monoisotopic (exact) mass is 326 g/mol. The molecule has 6 nitrogen and oxygen atoms in total.